The summed E-state index contributed by atoms with van der Waals surface area (Å²) in [6, 6.07) is 14.3. The largest absolute Gasteiger partial charge is 0.496 e. The molecule has 1 atom stereocenters. The highest BCUT2D eigenvalue weighted by Gasteiger charge is 2.27. The van der Waals surface area contributed by atoms with Crippen molar-refractivity contribution in [1.82, 2.24) is 9.88 Å². The molecule has 1 aromatic carbocycles. The van der Waals surface area contributed by atoms with Crippen molar-refractivity contribution in [3.8, 4) is 11.8 Å². The molecule has 1 aliphatic carbocycles. The number of hydrogen-bond acceptors (Lipinski definition) is 5. The number of unbranched alkanes of at least 4 members (excludes halogenated alkanes) is 1. The minimum atomic E-state index is -0.744. The molecule has 158 valence electrons. The van der Waals surface area contributed by atoms with Crippen molar-refractivity contribution in [3.05, 3.63) is 58.9 Å². The summed E-state index contributed by atoms with van der Waals surface area (Å²) in [7, 11) is 1.69. The second kappa shape index (κ2) is 10.7. The average Bonchev–Trinajstić information content (AvgIpc) is 2.77. The smallest absolute Gasteiger partial charge is 0.303 e. The zero-order chi connectivity index (χ0) is 21.3. The van der Waals surface area contributed by atoms with E-state index in [9.17, 15) is 10.1 Å². The van der Waals surface area contributed by atoms with E-state index in [2.05, 4.69) is 28.1 Å². The van der Waals surface area contributed by atoms with Gasteiger partial charge in [-0.2, -0.15) is 5.26 Å². The minimum Gasteiger partial charge on any atom is -0.496 e. The molecule has 1 aromatic heterocycles. The molecule has 2 aromatic rings. The molecule has 0 saturated carbocycles. The first-order chi connectivity index (χ1) is 14.6. The Morgan fingerprint density at radius 2 is 2.10 bits per heavy atom. The van der Waals surface area contributed by atoms with E-state index < -0.39 is 5.97 Å². The van der Waals surface area contributed by atoms with Gasteiger partial charge in [0.2, 0.25) is 0 Å². The number of rotatable bonds is 10. The van der Waals surface area contributed by atoms with Gasteiger partial charge in [0.1, 0.15) is 17.5 Å². The van der Waals surface area contributed by atoms with Crippen molar-refractivity contribution < 1.29 is 14.6 Å². The van der Waals surface area contributed by atoms with Crippen molar-refractivity contribution >= 4 is 5.97 Å². The quantitative estimate of drug-likeness (QED) is 0.596. The maximum absolute atomic E-state index is 10.9. The minimum absolute atomic E-state index is 0.203. The van der Waals surface area contributed by atoms with Gasteiger partial charge >= 0.3 is 5.97 Å². The Labute approximate surface area is 178 Å². The molecule has 0 bridgehead atoms. The van der Waals surface area contributed by atoms with Gasteiger partial charge in [-0.05, 0) is 68.3 Å². The highest BCUT2D eigenvalue weighted by molar-refractivity contribution is 5.66. The molecule has 1 heterocycles. The fourth-order valence-electron chi connectivity index (χ4n) is 4.26. The molecule has 0 saturated heterocycles. The summed E-state index contributed by atoms with van der Waals surface area (Å²) in [5, 5.41) is 18.1. The fraction of sp³-hybridized carbons (Fsp3) is 0.458. The summed E-state index contributed by atoms with van der Waals surface area (Å²) in [6.45, 7) is 1.70. The first-order valence-corrected chi connectivity index (χ1v) is 10.6. The number of aryl methyl sites for hydroxylation is 1. The van der Waals surface area contributed by atoms with E-state index in [0.717, 1.165) is 56.6 Å². The summed E-state index contributed by atoms with van der Waals surface area (Å²) < 4.78 is 5.51. The molecule has 30 heavy (non-hydrogen) atoms. The van der Waals surface area contributed by atoms with Crippen LogP contribution < -0.4 is 4.74 Å². The van der Waals surface area contributed by atoms with Crippen molar-refractivity contribution in [2.45, 2.75) is 51.0 Å². The predicted molar refractivity (Wildman–Crippen MR) is 114 cm³/mol. The summed E-state index contributed by atoms with van der Waals surface area (Å²) in [5.74, 6) is 0.152. The first-order valence-electron chi connectivity index (χ1n) is 10.6. The van der Waals surface area contributed by atoms with Crippen molar-refractivity contribution in [3.63, 3.8) is 0 Å². The summed E-state index contributed by atoms with van der Waals surface area (Å²) in [4.78, 5) is 17.9. The highest BCUT2D eigenvalue weighted by Crippen LogP contribution is 2.34. The van der Waals surface area contributed by atoms with Gasteiger partial charge in [-0.15, -0.1) is 0 Å². The number of nitrogens with zero attached hydrogens (tertiary/aromatic N) is 3. The highest BCUT2D eigenvalue weighted by atomic mass is 16.5. The topological polar surface area (TPSA) is 86.4 Å². The Hall–Kier alpha value is -2.91. The van der Waals surface area contributed by atoms with Crippen molar-refractivity contribution in [2.24, 2.45) is 0 Å². The third-order valence-corrected chi connectivity index (χ3v) is 5.76. The van der Waals surface area contributed by atoms with Crippen LogP contribution in [0.2, 0.25) is 0 Å². The molecule has 6 heteroatoms. The van der Waals surface area contributed by atoms with Gasteiger partial charge in [0.25, 0.3) is 0 Å². The van der Waals surface area contributed by atoms with Crippen LogP contribution in [0, 0.1) is 11.3 Å². The second-order valence-electron chi connectivity index (χ2n) is 7.70. The fourth-order valence-corrected chi connectivity index (χ4v) is 4.26. The third-order valence-electron chi connectivity index (χ3n) is 5.76. The summed E-state index contributed by atoms with van der Waals surface area (Å²) in [6.07, 6.45) is 5.57. The lowest BCUT2D eigenvalue weighted by atomic mass is 9.89. The molecule has 0 aliphatic heterocycles. The van der Waals surface area contributed by atoms with Crippen LogP contribution in [0.15, 0.2) is 36.4 Å². The van der Waals surface area contributed by atoms with E-state index in [-0.39, 0.29) is 12.5 Å². The van der Waals surface area contributed by atoms with Crippen LogP contribution in [0.25, 0.3) is 0 Å². The predicted octanol–water partition coefficient (Wildman–Crippen LogP) is 4.14. The van der Waals surface area contributed by atoms with Crippen LogP contribution in [0.4, 0.5) is 0 Å². The first kappa shape index (κ1) is 21.8. The average molecular weight is 408 g/mol. The molecule has 1 unspecified atom stereocenters. The van der Waals surface area contributed by atoms with E-state index in [4.69, 9.17) is 9.84 Å². The molecule has 0 fully saturated rings. The molecule has 0 amide bonds. The Morgan fingerprint density at radius 1 is 1.27 bits per heavy atom. The lowest BCUT2D eigenvalue weighted by Crippen LogP contribution is -2.34. The van der Waals surface area contributed by atoms with Gasteiger partial charge in [0.15, 0.2) is 0 Å². The van der Waals surface area contributed by atoms with E-state index >= 15 is 0 Å². The van der Waals surface area contributed by atoms with E-state index in [1.807, 2.05) is 18.2 Å². The number of aliphatic carboxylic acids is 1. The number of pyridine rings is 1. The van der Waals surface area contributed by atoms with Gasteiger partial charge in [0.05, 0.1) is 7.11 Å². The number of para-hydroxylation sites is 1. The molecule has 0 spiro atoms. The Morgan fingerprint density at radius 3 is 2.87 bits per heavy atom. The normalized spacial score (nSPS) is 15.4. The maximum atomic E-state index is 10.9. The van der Waals surface area contributed by atoms with Gasteiger partial charge in [0, 0.05) is 24.7 Å². The lowest BCUT2D eigenvalue weighted by molar-refractivity contribution is -0.137. The second-order valence-corrected chi connectivity index (χ2v) is 7.70. The van der Waals surface area contributed by atoms with E-state index in [0.29, 0.717) is 12.1 Å². The maximum Gasteiger partial charge on any atom is 0.303 e. The third kappa shape index (κ3) is 5.58. The molecule has 1 N–H and O–H groups in total. The number of nitriles is 1. The Bertz CT molecular complexity index is 907. The SMILES string of the molecule is COc1ccccc1CCN(CCCCC(=O)O)C1CCCc2nc(C#N)ccc21. The van der Waals surface area contributed by atoms with Crippen LogP contribution in [-0.4, -0.2) is 41.2 Å². The van der Waals surface area contributed by atoms with Crippen LogP contribution >= 0.6 is 0 Å². The molecule has 6 nitrogen and oxygen atoms in total. The molecule has 1 aliphatic rings. The van der Waals surface area contributed by atoms with Gasteiger partial charge < -0.3 is 9.84 Å². The molecular weight excluding hydrogens is 378 g/mol. The van der Waals surface area contributed by atoms with E-state index in [1.54, 1.807) is 13.2 Å². The van der Waals surface area contributed by atoms with Gasteiger partial charge in [-0.25, -0.2) is 4.98 Å². The van der Waals surface area contributed by atoms with Gasteiger partial charge in [-0.1, -0.05) is 24.3 Å². The number of methoxy groups -OCH3 is 1. The lowest BCUT2D eigenvalue weighted by Gasteiger charge is -2.36. The van der Waals surface area contributed by atoms with Crippen molar-refractivity contribution in [1.29, 1.82) is 5.26 Å². The van der Waals surface area contributed by atoms with Crippen LogP contribution in [0.1, 0.15) is 60.7 Å². The summed E-state index contributed by atoms with van der Waals surface area (Å²) >= 11 is 0. The molecular formula is C24H29N3O3. The van der Waals surface area contributed by atoms with Crippen molar-refractivity contribution in [2.75, 3.05) is 20.2 Å². The number of carboxylic acid groups (broad SMARTS) is 1. The number of carboxylic acids is 1. The standard InChI is InChI=1S/C24H29N3O3/c1-30-23-10-3-2-7-18(23)14-16-27(15-5-4-11-24(28)29)22-9-6-8-21-20(22)13-12-19(17-25)26-21/h2-3,7,10,12-13,22H,4-6,8-9,11,14-16H2,1H3,(H,28,29). The number of ether oxygens (including phenoxy) is 1. The number of aromatic nitrogens is 1. The zero-order valence-electron chi connectivity index (χ0n) is 17.5. The number of hydrogen-bond donors (Lipinski definition) is 1. The van der Waals surface area contributed by atoms with E-state index in [1.165, 1.54) is 11.1 Å². The summed E-state index contributed by atoms with van der Waals surface area (Å²) in [5.41, 5.74) is 3.87. The van der Waals surface area contributed by atoms with Crippen LogP contribution in [-0.2, 0) is 17.6 Å². The Kier molecular flexibility index (Phi) is 7.81. The monoisotopic (exact) mass is 407 g/mol. The van der Waals surface area contributed by atoms with Crippen LogP contribution in [0.3, 0.4) is 0 Å². The number of benzene rings is 1. The van der Waals surface area contributed by atoms with Crippen LogP contribution in [0.5, 0.6) is 5.75 Å². The number of carbonyl (C=O) groups is 1. The zero-order valence-corrected chi connectivity index (χ0v) is 17.5. The molecule has 0 radical (unpaired) electrons. The number of fused-ring (bicyclic) bond motifs is 1. The Balaban J connectivity index is 1.77. The van der Waals surface area contributed by atoms with Gasteiger partial charge in [-0.3, -0.25) is 9.69 Å². The molecule has 3 rings (SSSR count).